The van der Waals surface area contributed by atoms with E-state index in [1.54, 1.807) is 16.7 Å². The zero-order valence-corrected chi connectivity index (χ0v) is 16.4. The Balaban J connectivity index is 1.50. The minimum atomic E-state index is -0.274. The molecule has 1 heterocycles. The molecule has 0 saturated heterocycles. The summed E-state index contributed by atoms with van der Waals surface area (Å²) in [5.41, 5.74) is 2.65. The second-order valence-electron chi connectivity index (χ2n) is 6.96. The summed E-state index contributed by atoms with van der Waals surface area (Å²) >= 11 is 1.45. The molecule has 0 atom stereocenters. The maximum Gasteiger partial charge on any atom is 0.278 e. The highest BCUT2D eigenvalue weighted by Gasteiger charge is 2.29. The first-order valence-electron chi connectivity index (χ1n) is 9.26. The molecule has 3 aromatic rings. The van der Waals surface area contributed by atoms with Crippen LogP contribution in [0.4, 0.5) is 10.3 Å². The molecule has 0 aliphatic heterocycles. The third kappa shape index (κ3) is 4.42. The van der Waals surface area contributed by atoms with Gasteiger partial charge in [-0.2, -0.15) is 0 Å². The van der Waals surface area contributed by atoms with Crippen LogP contribution in [0.3, 0.4) is 0 Å². The molecule has 0 spiro atoms. The fourth-order valence-corrected chi connectivity index (χ4v) is 3.70. The molecule has 1 aromatic heterocycles. The number of nitrogens with one attached hydrogen (secondary N) is 1. The quantitative estimate of drug-likeness (QED) is 0.603. The lowest BCUT2D eigenvalue weighted by molar-refractivity contribution is 0.626. The van der Waals surface area contributed by atoms with Gasteiger partial charge in [0.25, 0.3) is 5.56 Å². The van der Waals surface area contributed by atoms with Crippen molar-refractivity contribution >= 4 is 17.7 Å². The summed E-state index contributed by atoms with van der Waals surface area (Å²) in [6, 6.07) is 14.7. The van der Waals surface area contributed by atoms with Gasteiger partial charge in [-0.3, -0.25) is 9.36 Å². The van der Waals surface area contributed by atoms with E-state index in [1.165, 1.54) is 29.5 Å². The topological polar surface area (TPSA) is 59.8 Å². The number of hydrogen-bond donors (Lipinski definition) is 1. The lowest BCUT2D eigenvalue weighted by atomic mass is 10.1. The number of halogens is 1. The Morgan fingerprint density at radius 2 is 1.82 bits per heavy atom. The van der Waals surface area contributed by atoms with Crippen LogP contribution in [0, 0.1) is 12.7 Å². The highest BCUT2D eigenvalue weighted by molar-refractivity contribution is 7.98. The minimum absolute atomic E-state index is 0.0986. The zero-order chi connectivity index (χ0) is 19.5. The van der Waals surface area contributed by atoms with Crippen LogP contribution in [-0.4, -0.2) is 14.8 Å². The molecule has 1 fully saturated rings. The van der Waals surface area contributed by atoms with E-state index in [9.17, 15) is 9.18 Å². The molecule has 144 valence electrons. The number of nitrogens with zero attached hydrogens (tertiary/aromatic N) is 3. The van der Waals surface area contributed by atoms with Crippen molar-refractivity contribution in [1.29, 1.82) is 0 Å². The van der Waals surface area contributed by atoms with Gasteiger partial charge in [-0.05, 0) is 49.6 Å². The summed E-state index contributed by atoms with van der Waals surface area (Å²) in [4.78, 5) is 13.8. The first-order chi connectivity index (χ1) is 13.6. The molecule has 0 bridgehead atoms. The second-order valence-corrected chi connectivity index (χ2v) is 8.01. The van der Waals surface area contributed by atoms with Gasteiger partial charge in [0.1, 0.15) is 11.5 Å². The first kappa shape index (κ1) is 18.7. The average Bonchev–Trinajstić information content (AvgIpc) is 3.53. The number of thioether (sulfide) groups is 1. The van der Waals surface area contributed by atoms with Crippen molar-refractivity contribution in [2.45, 2.75) is 43.0 Å². The van der Waals surface area contributed by atoms with E-state index in [1.807, 2.05) is 0 Å². The Morgan fingerprint density at radius 3 is 2.50 bits per heavy atom. The molecular formula is C21H21FN4OS. The molecule has 4 rings (SSSR count). The molecule has 0 amide bonds. The van der Waals surface area contributed by atoms with Crippen LogP contribution in [0.25, 0.3) is 0 Å². The summed E-state index contributed by atoms with van der Waals surface area (Å²) in [5, 5.41) is 11.7. The highest BCUT2D eigenvalue weighted by atomic mass is 32.2. The Hall–Kier alpha value is -2.67. The number of anilines is 1. The minimum Gasteiger partial charge on any atom is -0.350 e. The maximum atomic E-state index is 13.0. The van der Waals surface area contributed by atoms with Crippen molar-refractivity contribution in [3.05, 3.63) is 81.5 Å². The molecule has 2 aromatic carbocycles. The molecule has 0 unspecified atom stereocenters. The van der Waals surface area contributed by atoms with Gasteiger partial charge in [-0.15, -0.1) is 22.0 Å². The number of benzene rings is 2. The highest BCUT2D eigenvalue weighted by Crippen LogP contribution is 2.35. The van der Waals surface area contributed by atoms with E-state index in [-0.39, 0.29) is 17.4 Å². The monoisotopic (exact) mass is 396 g/mol. The van der Waals surface area contributed by atoms with Gasteiger partial charge in [-0.25, -0.2) is 4.39 Å². The van der Waals surface area contributed by atoms with Crippen LogP contribution < -0.4 is 10.9 Å². The number of hydrogen-bond acceptors (Lipinski definition) is 5. The van der Waals surface area contributed by atoms with Gasteiger partial charge < -0.3 is 5.32 Å². The van der Waals surface area contributed by atoms with Gasteiger partial charge in [-0.1, -0.05) is 29.8 Å². The van der Waals surface area contributed by atoms with Crippen LogP contribution in [0.1, 0.15) is 35.7 Å². The fraction of sp³-hybridized carbons (Fsp3) is 0.286. The second kappa shape index (κ2) is 8.14. The summed E-state index contributed by atoms with van der Waals surface area (Å²) in [7, 11) is 0. The van der Waals surface area contributed by atoms with Crippen molar-refractivity contribution in [3.8, 4) is 0 Å². The Bertz CT molecular complexity index is 1010. The summed E-state index contributed by atoms with van der Waals surface area (Å²) in [5.74, 6) is 0.649. The van der Waals surface area contributed by atoms with Crippen molar-refractivity contribution in [1.82, 2.24) is 14.8 Å². The van der Waals surface area contributed by atoms with Crippen LogP contribution in [0.5, 0.6) is 0 Å². The molecule has 7 heteroatoms. The molecule has 0 radical (unpaired) electrons. The molecule has 1 saturated carbocycles. The van der Waals surface area contributed by atoms with E-state index in [2.05, 4.69) is 46.7 Å². The van der Waals surface area contributed by atoms with E-state index < -0.39 is 0 Å². The maximum absolute atomic E-state index is 13.0. The molecular weight excluding hydrogens is 375 g/mol. The number of rotatable bonds is 7. The molecule has 1 aliphatic rings. The average molecular weight is 396 g/mol. The summed E-state index contributed by atoms with van der Waals surface area (Å²) in [6.45, 7) is 2.64. The zero-order valence-electron chi connectivity index (χ0n) is 15.6. The van der Waals surface area contributed by atoms with Gasteiger partial charge in [0.15, 0.2) is 0 Å². The van der Waals surface area contributed by atoms with Gasteiger partial charge in [0.05, 0.1) is 0 Å². The van der Waals surface area contributed by atoms with E-state index >= 15 is 0 Å². The van der Waals surface area contributed by atoms with E-state index in [4.69, 9.17) is 0 Å². The van der Waals surface area contributed by atoms with Crippen LogP contribution in [-0.2, 0) is 12.3 Å². The normalized spacial score (nSPS) is 13.5. The summed E-state index contributed by atoms with van der Waals surface area (Å²) < 4.78 is 14.8. The Labute approximate surface area is 167 Å². The van der Waals surface area contributed by atoms with Crippen LogP contribution in [0.2, 0.25) is 0 Å². The van der Waals surface area contributed by atoms with Crippen molar-refractivity contribution < 1.29 is 4.39 Å². The van der Waals surface area contributed by atoms with Crippen molar-refractivity contribution in [3.63, 3.8) is 0 Å². The van der Waals surface area contributed by atoms with E-state index in [0.29, 0.717) is 23.9 Å². The number of aromatic nitrogens is 3. The Kier molecular flexibility index (Phi) is 5.43. The van der Waals surface area contributed by atoms with Crippen LogP contribution in [0.15, 0.2) is 58.2 Å². The van der Waals surface area contributed by atoms with Crippen molar-refractivity contribution in [2.24, 2.45) is 0 Å². The van der Waals surface area contributed by atoms with E-state index in [0.717, 1.165) is 23.3 Å². The SMILES string of the molecule is Cc1ccc(CNc2nnc(CSc3ccc(F)cc3)c(=O)n2C2CC2)cc1. The lowest BCUT2D eigenvalue weighted by Gasteiger charge is -2.13. The largest absolute Gasteiger partial charge is 0.350 e. The molecule has 1 N–H and O–H groups in total. The van der Waals surface area contributed by atoms with Gasteiger partial charge >= 0.3 is 0 Å². The molecule has 1 aliphatic carbocycles. The van der Waals surface area contributed by atoms with Crippen molar-refractivity contribution in [2.75, 3.05) is 5.32 Å². The van der Waals surface area contributed by atoms with Gasteiger partial charge in [0, 0.05) is 23.2 Å². The summed E-state index contributed by atoms with van der Waals surface area (Å²) in [6.07, 6.45) is 1.96. The standard InChI is InChI=1S/C21H21FN4OS/c1-14-2-4-15(5-3-14)12-23-21-25-24-19(20(27)26(21)17-8-9-17)13-28-18-10-6-16(22)7-11-18/h2-7,10-11,17H,8-9,12-13H2,1H3,(H,23,25). The predicted octanol–water partition coefficient (Wildman–Crippen LogP) is 4.33. The molecule has 5 nitrogen and oxygen atoms in total. The third-order valence-electron chi connectivity index (χ3n) is 4.63. The fourth-order valence-electron chi connectivity index (χ4n) is 2.89. The number of aryl methyl sites for hydroxylation is 1. The van der Waals surface area contributed by atoms with Crippen LogP contribution >= 0.6 is 11.8 Å². The first-order valence-corrected chi connectivity index (χ1v) is 10.2. The van der Waals surface area contributed by atoms with Gasteiger partial charge in [0.2, 0.25) is 5.95 Å². The lowest BCUT2D eigenvalue weighted by Crippen LogP contribution is -2.28. The Morgan fingerprint density at radius 1 is 1.11 bits per heavy atom. The third-order valence-corrected chi connectivity index (χ3v) is 5.66. The smallest absolute Gasteiger partial charge is 0.278 e. The predicted molar refractivity (Wildman–Crippen MR) is 109 cm³/mol. The molecule has 28 heavy (non-hydrogen) atoms.